The van der Waals surface area contributed by atoms with Gasteiger partial charge in [-0.15, -0.1) is 11.3 Å². The molecule has 0 aliphatic rings. The van der Waals surface area contributed by atoms with E-state index in [-0.39, 0.29) is 0 Å². The van der Waals surface area contributed by atoms with Crippen LogP contribution in [0.15, 0.2) is 60.9 Å². The van der Waals surface area contributed by atoms with E-state index >= 15 is 0 Å². The van der Waals surface area contributed by atoms with Gasteiger partial charge < -0.3 is 0 Å². The minimum absolute atomic E-state index is 1.21. The second kappa shape index (κ2) is 4.18. The Bertz CT molecular complexity index is 862. The highest BCUT2D eigenvalue weighted by atomic mass is 32.1. The maximum absolute atomic E-state index is 4.07. The van der Waals surface area contributed by atoms with Gasteiger partial charge in [-0.2, -0.15) is 0 Å². The molecule has 0 aliphatic heterocycles. The molecule has 0 N–H and O–H groups in total. The van der Waals surface area contributed by atoms with E-state index in [0.29, 0.717) is 0 Å². The first-order chi connectivity index (χ1) is 9.42. The molecule has 0 saturated heterocycles. The maximum Gasteiger partial charge on any atom is 0.0361 e. The van der Waals surface area contributed by atoms with Crippen molar-refractivity contribution in [3.63, 3.8) is 0 Å². The molecule has 0 unspecified atom stereocenters. The molecule has 4 rings (SSSR count). The molecule has 0 bridgehead atoms. The average Bonchev–Trinajstić information content (AvgIpc) is 2.86. The highest BCUT2D eigenvalue weighted by Crippen LogP contribution is 2.35. The highest BCUT2D eigenvalue weighted by Gasteiger charge is 2.05. The number of fused-ring (bicyclic) bond motifs is 3. The summed E-state index contributed by atoms with van der Waals surface area (Å²) in [4.78, 5) is 4.07. The van der Waals surface area contributed by atoms with Crippen LogP contribution in [0.3, 0.4) is 0 Å². The number of thiophene rings is 1. The molecule has 1 radical (unpaired) electrons. The van der Waals surface area contributed by atoms with Gasteiger partial charge in [-0.1, -0.05) is 18.2 Å². The Kier molecular flexibility index (Phi) is 2.35. The molecule has 2 heterocycles. The zero-order valence-electron chi connectivity index (χ0n) is 10.1. The molecule has 19 heavy (non-hydrogen) atoms. The summed E-state index contributed by atoms with van der Waals surface area (Å²) in [6.07, 6.45) is 3.67. The Morgan fingerprint density at radius 3 is 2.63 bits per heavy atom. The second-order valence-corrected chi connectivity index (χ2v) is 5.55. The summed E-state index contributed by atoms with van der Waals surface area (Å²) in [6, 6.07) is 20.1. The number of hydrogen-bond donors (Lipinski definition) is 0. The number of nitrogens with zero attached hydrogens (tertiary/aromatic N) is 1. The van der Waals surface area contributed by atoms with Crippen molar-refractivity contribution in [3.8, 4) is 11.1 Å². The summed E-state index contributed by atoms with van der Waals surface area (Å²) < 4.78 is 2.64. The van der Waals surface area contributed by atoms with Crippen LogP contribution in [0.5, 0.6) is 0 Å². The van der Waals surface area contributed by atoms with E-state index in [2.05, 4.69) is 41.4 Å². The van der Waals surface area contributed by atoms with Crippen molar-refractivity contribution in [2.24, 2.45) is 0 Å². The highest BCUT2D eigenvalue weighted by molar-refractivity contribution is 7.25. The predicted molar refractivity (Wildman–Crippen MR) is 81.4 cm³/mol. The Morgan fingerprint density at radius 1 is 0.842 bits per heavy atom. The molecular formula is C17H10NS. The van der Waals surface area contributed by atoms with E-state index in [1.807, 2.05) is 41.9 Å². The van der Waals surface area contributed by atoms with Gasteiger partial charge in [-0.3, -0.25) is 4.98 Å². The van der Waals surface area contributed by atoms with Crippen molar-refractivity contribution in [1.82, 2.24) is 4.98 Å². The topological polar surface area (TPSA) is 12.9 Å². The molecule has 2 aromatic carbocycles. The molecule has 89 valence electrons. The van der Waals surface area contributed by atoms with Crippen LogP contribution in [-0.4, -0.2) is 4.98 Å². The zero-order chi connectivity index (χ0) is 12.7. The third-order valence-electron chi connectivity index (χ3n) is 3.33. The molecule has 0 saturated carbocycles. The van der Waals surface area contributed by atoms with Gasteiger partial charge in [0.25, 0.3) is 0 Å². The number of benzene rings is 2. The quantitative estimate of drug-likeness (QED) is 0.473. The Balaban J connectivity index is 1.99. The molecule has 0 aliphatic carbocycles. The fourth-order valence-electron chi connectivity index (χ4n) is 2.39. The molecule has 0 atom stereocenters. The molecule has 0 spiro atoms. The summed E-state index contributed by atoms with van der Waals surface area (Å²) in [6.45, 7) is 0. The van der Waals surface area contributed by atoms with E-state index in [0.717, 1.165) is 0 Å². The molecule has 0 amide bonds. The molecule has 1 nitrogen and oxygen atoms in total. The van der Waals surface area contributed by atoms with Crippen molar-refractivity contribution < 1.29 is 0 Å². The van der Waals surface area contributed by atoms with Crippen LogP contribution in [0.25, 0.3) is 31.3 Å². The lowest BCUT2D eigenvalue weighted by atomic mass is 10.0. The molecule has 0 fully saturated rings. The summed E-state index contributed by atoms with van der Waals surface area (Å²) in [5.41, 5.74) is 2.45. The Morgan fingerprint density at radius 2 is 1.74 bits per heavy atom. The van der Waals surface area contributed by atoms with Gasteiger partial charge in [0.15, 0.2) is 0 Å². The van der Waals surface area contributed by atoms with Crippen molar-refractivity contribution in [3.05, 3.63) is 67.0 Å². The first-order valence-corrected chi connectivity index (χ1v) is 6.96. The summed E-state index contributed by atoms with van der Waals surface area (Å²) >= 11 is 1.83. The van der Waals surface area contributed by atoms with Gasteiger partial charge in [-0.05, 0) is 47.5 Å². The van der Waals surface area contributed by atoms with Crippen LogP contribution in [0.4, 0.5) is 0 Å². The lowest BCUT2D eigenvalue weighted by molar-refractivity contribution is 1.33. The number of hydrogen-bond acceptors (Lipinski definition) is 2. The van der Waals surface area contributed by atoms with Crippen LogP contribution in [0.1, 0.15) is 0 Å². The summed E-state index contributed by atoms with van der Waals surface area (Å²) in [5, 5.41) is 2.61. The van der Waals surface area contributed by atoms with Gasteiger partial charge in [0, 0.05) is 32.6 Å². The fraction of sp³-hybridized carbons (Fsp3) is 0. The number of pyridine rings is 1. The molecular weight excluding hydrogens is 250 g/mol. The number of rotatable bonds is 1. The van der Waals surface area contributed by atoms with Crippen molar-refractivity contribution in [2.75, 3.05) is 0 Å². The first kappa shape index (κ1) is 10.7. The zero-order valence-corrected chi connectivity index (χ0v) is 10.9. The molecule has 4 aromatic rings. The second-order valence-electron chi connectivity index (χ2n) is 4.47. The minimum Gasteiger partial charge on any atom is -0.265 e. The van der Waals surface area contributed by atoms with Crippen LogP contribution < -0.4 is 0 Å². The van der Waals surface area contributed by atoms with Crippen LogP contribution >= 0.6 is 11.3 Å². The minimum atomic E-state index is 1.21. The van der Waals surface area contributed by atoms with Crippen LogP contribution in [0.2, 0.25) is 0 Å². The Hall–Kier alpha value is -2.19. The third-order valence-corrected chi connectivity index (χ3v) is 4.46. The van der Waals surface area contributed by atoms with Gasteiger partial charge in [0.1, 0.15) is 0 Å². The normalized spacial score (nSPS) is 11.2. The fourth-order valence-corrected chi connectivity index (χ4v) is 3.51. The standard InChI is InChI=1S/C17H10NS/c1-2-4-16-14(3-1)15-6-5-13(11-17(15)19-16)12-7-9-18-10-8-12/h2-11H. The van der Waals surface area contributed by atoms with E-state index in [1.54, 1.807) is 0 Å². The smallest absolute Gasteiger partial charge is 0.0361 e. The average molecular weight is 260 g/mol. The Labute approximate surface area is 115 Å². The lowest BCUT2D eigenvalue weighted by Crippen LogP contribution is -1.77. The SMILES string of the molecule is [c]1ccc2sc3cc(-c4ccncc4)ccc3c2c1. The van der Waals surface area contributed by atoms with Gasteiger partial charge in [-0.25, -0.2) is 0 Å². The van der Waals surface area contributed by atoms with E-state index in [9.17, 15) is 0 Å². The van der Waals surface area contributed by atoms with Gasteiger partial charge >= 0.3 is 0 Å². The van der Waals surface area contributed by atoms with Crippen molar-refractivity contribution >= 4 is 31.5 Å². The predicted octanol–water partition coefficient (Wildman–Crippen LogP) is 4.92. The largest absolute Gasteiger partial charge is 0.265 e. The van der Waals surface area contributed by atoms with Crippen molar-refractivity contribution in [1.29, 1.82) is 0 Å². The van der Waals surface area contributed by atoms with E-state index in [1.165, 1.54) is 31.3 Å². The van der Waals surface area contributed by atoms with Gasteiger partial charge in [0.2, 0.25) is 0 Å². The third kappa shape index (κ3) is 1.72. The van der Waals surface area contributed by atoms with Crippen LogP contribution in [0, 0.1) is 6.07 Å². The molecule has 2 heteroatoms. The maximum atomic E-state index is 4.07. The van der Waals surface area contributed by atoms with Crippen LogP contribution in [-0.2, 0) is 0 Å². The number of aromatic nitrogens is 1. The van der Waals surface area contributed by atoms with E-state index < -0.39 is 0 Å². The molecule has 2 aromatic heterocycles. The van der Waals surface area contributed by atoms with Crippen molar-refractivity contribution in [2.45, 2.75) is 0 Å². The van der Waals surface area contributed by atoms with E-state index in [4.69, 9.17) is 0 Å². The lowest BCUT2D eigenvalue weighted by Gasteiger charge is -2.00. The summed E-state index contributed by atoms with van der Waals surface area (Å²) in [5.74, 6) is 0. The monoisotopic (exact) mass is 260 g/mol. The summed E-state index contributed by atoms with van der Waals surface area (Å²) in [7, 11) is 0. The first-order valence-electron chi connectivity index (χ1n) is 6.14. The van der Waals surface area contributed by atoms with Gasteiger partial charge in [0.05, 0.1) is 0 Å².